The molecule has 10 nitrogen and oxygen atoms in total. The van der Waals surface area contributed by atoms with Gasteiger partial charge in [0.25, 0.3) is 16.0 Å². The van der Waals surface area contributed by atoms with Crippen LogP contribution in [0.1, 0.15) is 30.1 Å². The monoisotopic (exact) mass is 570 g/mol. The summed E-state index contributed by atoms with van der Waals surface area (Å²) in [6.07, 6.45) is 3.61. The van der Waals surface area contributed by atoms with Gasteiger partial charge in [0.05, 0.1) is 29.6 Å². The Kier molecular flexibility index (Phi) is 9.07. The van der Waals surface area contributed by atoms with Crippen LogP contribution in [-0.2, 0) is 10.1 Å². The van der Waals surface area contributed by atoms with Crippen LogP contribution < -0.4 is 25.8 Å². The second kappa shape index (κ2) is 11.9. The number of ether oxygens (including phenoxy) is 2. The van der Waals surface area contributed by atoms with Gasteiger partial charge in [-0.25, -0.2) is 4.39 Å². The third kappa shape index (κ3) is 7.61. The van der Waals surface area contributed by atoms with E-state index in [4.69, 9.17) is 43.6 Å². The predicted octanol–water partition coefficient (Wildman–Crippen LogP) is 4.27. The number of anilines is 1. The lowest BCUT2D eigenvalue weighted by Crippen LogP contribution is -2.30. The van der Waals surface area contributed by atoms with Gasteiger partial charge in [0.2, 0.25) is 0 Å². The smallest absolute Gasteiger partial charge is 0.264 e. The third-order valence-electron chi connectivity index (χ3n) is 5.08. The van der Waals surface area contributed by atoms with Crippen molar-refractivity contribution in [1.29, 1.82) is 0 Å². The van der Waals surface area contributed by atoms with Crippen molar-refractivity contribution in [3.63, 3.8) is 0 Å². The fraction of sp³-hybridized carbons (Fsp3) is 0.261. The number of methoxy groups -OCH3 is 1. The first-order valence-corrected chi connectivity index (χ1v) is 13.3. The molecule has 1 aliphatic carbocycles. The van der Waals surface area contributed by atoms with Crippen LogP contribution in [0.2, 0.25) is 5.02 Å². The molecule has 1 amide bonds. The van der Waals surface area contributed by atoms with Crippen LogP contribution in [0.3, 0.4) is 0 Å². The van der Waals surface area contributed by atoms with Gasteiger partial charge in [0, 0.05) is 23.7 Å². The van der Waals surface area contributed by atoms with Crippen molar-refractivity contribution < 1.29 is 31.6 Å². The van der Waals surface area contributed by atoms with Gasteiger partial charge in [0.15, 0.2) is 16.7 Å². The van der Waals surface area contributed by atoms with E-state index >= 15 is 0 Å². The highest BCUT2D eigenvalue weighted by Gasteiger charge is 2.23. The van der Waals surface area contributed by atoms with E-state index in [1.807, 2.05) is 0 Å². The first kappa shape index (κ1) is 28.3. The zero-order valence-electron chi connectivity index (χ0n) is 19.7. The summed E-state index contributed by atoms with van der Waals surface area (Å²) in [5.41, 5.74) is 6.40. The van der Waals surface area contributed by atoms with Crippen LogP contribution in [0.4, 0.5) is 10.1 Å². The molecule has 37 heavy (non-hydrogen) atoms. The molecule has 0 unspecified atom stereocenters. The molecule has 0 bridgehead atoms. The fourth-order valence-electron chi connectivity index (χ4n) is 3.00. The number of nitrogens with two attached hydrogens (primary N) is 1. The summed E-state index contributed by atoms with van der Waals surface area (Å²) in [5.74, 6) is -1.17. The van der Waals surface area contributed by atoms with Crippen molar-refractivity contribution in [1.82, 2.24) is 10.3 Å². The summed E-state index contributed by atoms with van der Waals surface area (Å²) in [6, 6.07) is 7.98. The van der Waals surface area contributed by atoms with Crippen molar-refractivity contribution in [2.75, 3.05) is 18.2 Å². The van der Waals surface area contributed by atoms with Gasteiger partial charge in [0.1, 0.15) is 16.5 Å². The highest BCUT2D eigenvalue weighted by molar-refractivity contribution is 7.85. The number of nitrogens with one attached hydrogen (secondary N) is 2. The number of thiocarbonyl (C=S) groups is 1. The van der Waals surface area contributed by atoms with E-state index in [1.165, 1.54) is 32.4 Å². The number of nitrogens with zero attached hydrogens (tertiary/aromatic N) is 1. The number of carbonyl (C=O) groups excluding carboxylic acids is 1. The summed E-state index contributed by atoms with van der Waals surface area (Å²) in [6.45, 7) is 1.37. The summed E-state index contributed by atoms with van der Waals surface area (Å²) in [5, 5.41) is 6.68. The van der Waals surface area contributed by atoms with Crippen LogP contribution in [0.15, 0.2) is 36.5 Å². The van der Waals surface area contributed by atoms with Gasteiger partial charge >= 0.3 is 0 Å². The van der Waals surface area contributed by atoms with E-state index < -0.39 is 21.8 Å². The number of benzene rings is 2. The number of carbonyl (C=O) groups is 1. The molecule has 2 aromatic carbocycles. The largest absolute Gasteiger partial charge is 0.496 e. The molecule has 3 aromatic rings. The van der Waals surface area contributed by atoms with Crippen LogP contribution in [0, 0.1) is 5.82 Å². The lowest BCUT2D eigenvalue weighted by atomic mass is 10.1. The number of rotatable bonds is 7. The summed E-state index contributed by atoms with van der Waals surface area (Å²) >= 11 is 11.4. The normalized spacial score (nSPS) is 12.8. The SMILES string of the molecule is CCS(=O)(=O)O.COc1cc2nccc(Oc3ccc(NC(=S)NC4CC4)c(Cl)c3F)c2cc1C(N)=O. The van der Waals surface area contributed by atoms with Crippen LogP contribution in [0.25, 0.3) is 10.9 Å². The number of fused-ring (bicyclic) bond motifs is 1. The van der Waals surface area contributed by atoms with E-state index in [9.17, 15) is 17.6 Å². The molecule has 1 saturated carbocycles. The highest BCUT2D eigenvalue weighted by atomic mass is 35.5. The molecular formula is C23H24ClFN4O6S2. The topological polar surface area (TPSA) is 153 Å². The highest BCUT2D eigenvalue weighted by Crippen LogP contribution is 2.37. The van der Waals surface area contributed by atoms with Gasteiger partial charge in [-0.15, -0.1) is 0 Å². The maximum atomic E-state index is 14.9. The minimum absolute atomic E-state index is 0.0967. The zero-order chi connectivity index (χ0) is 27.3. The lowest BCUT2D eigenvalue weighted by Gasteiger charge is -2.15. The maximum Gasteiger partial charge on any atom is 0.264 e. The average molecular weight is 571 g/mol. The Hall–Kier alpha value is -3.26. The van der Waals surface area contributed by atoms with E-state index in [-0.39, 0.29) is 33.6 Å². The molecule has 4 rings (SSSR count). The Balaban J connectivity index is 0.000000568. The molecule has 5 N–H and O–H groups in total. The number of hydrogen-bond donors (Lipinski definition) is 4. The maximum absolute atomic E-state index is 14.9. The van der Waals surface area contributed by atoms with Gasteiger partial charge < -0.3 is 25.8 Å². The van der Waals surface area contributed by atoms with E-state index in [0.717, 1.165) is 12.8 Å². The summed E-state index contributed by atoms with van der Waals surface area (Å²) < 4.78 is 52.8. The fourth-order valence-corrected chi connectivity index (χ4v) is 3.48. The molecule has 1 aliphatic rings. The van der Waals surface area contributed by atoms with E-state index in [0.29, 0.717) is 27.7 Å². The van der Waals surface area contributed by atoms with Crippen LogP contribution in [0.5, 0.6) is 17.2 Å². The molecule has 198 valence electrons. The summed E-state index contributed by atoms with van der Waals surface area (Å²) in [4.78, 5) is 16.0. The zero-order valence-corrected chi connectivity index (χ0v) is 22.1. The van der Waals surface area contributed by atoms with Gasteiger partial charge in [-0.3, -0.25) is 14.3 Å². The van der Waals surface area contributed by atoms with Gasteiger partial charge in [-0.1, -0.05) is 11.6 Å². The lowest BCUT2D eigenvalue weighted by molar-refractivity contribution is 0.0997. The van der Waals surface area contributed by atoms with Crippen molar-refractivity contribution >= 4 is 61.5 Å². The second-order valence-electron chi connectivity index (χ2n) is 7.83. The van der Waals surface area contributed by atoms with Crippen molar-refractivity contribution in [2.24, 2.45) is 5.73 Å². The van der Waals surface area contributed by atoms with Crippen LogP contribution >= 0.6 is 23.8 Å². The number of amides is 1. The number of hydrogen-bond acceptors (Lipinski definition) is 7. The Bertz CT molecular complexity index is 1450. The molecule has 1 fully saturated rings. The minimum atomic E-state index is -3.66. The Morgan fingerprint density at radius 1 is 1.27 bits per heavy atom. The Morgan fingerprint density at radius 3 is 2.51 bits per heavy atom. The standard InChI is InChI=1S/C21H18ClFN4O3S.C2H6O3S/c1-29-17-9-14-11(8-12(17)20(24)28)15(6-7-25-14)30-16-5-4-13(18(22)19(16)23)27-21(31)26-10-2-3-10;1-2-6(3,4)5/h4-10H,2-3H2,1H3,(H2,24,28)(H2,26,27,31);2H2,1H3,(H,3,4,5). The molecular weight excluding hydrogens is 547 g/mol. The number of primary amides is 1. The van der Waals surface area contributed by atoms with Crippen molar-refractivity contribution in [2.45, 2.75) is 25.8 Å². The second-order valence-corrected chi connectivity index (χ2v) is 10.4. The first-order chi connectivity index (χ1) is 17.4. The van der Waals surface area contributed by atoms with Gasteiger partial charge in [-0.2, -0.15) is 8.42 Å². The molecule has 0 aliphatic heterocycles. The van der Waals surface area contributed by atoms with Crippen molar-refractivity contribution in [3.8, 4) is 17.2 Å². The number of halogens is 2. The molecule has 0 spiro atoms. The molecule has 0 atom stereocenters. The summed E-state index contributed by atoms with van der Waals surface area (Å²) in [7, 11) is -2.24. The third-order valence-corrected chi connectivity index (χ3v) is 6.40. The minimum Gasteiger partial charge on any atom is -0.496 e. The number of aromatic nitrogens is 1. The quantitative estimate of drug-likeness (QED) is 0.239. The van der Waals surface area contributed by atoms with E-state index in [1.54, 1.807) is 18.2 Å². The molecule has 0 radical (unpaired) electrons. The van der Waals surface area contributed by atoms with E-state index in [2.05, 4.69) is 15.6 Å². The van der Waals surface area contributed by atoms with Crippen LogP contribution in [-0.4, -0.2) is 47.9 Å². The molecule has 0 saturated heterocycles. The molecule has 1 heterocycles. The van der Waals surface area contributed by atoms with Gasteiger partial charge in [-0.05, 0) is 56.2 Å². The predicted molar refractivity (Wildman–Crippen MR) is 143 cm³/mol. The Labute approximate surface area is 223 Å². The van der Waals surface area contributed by atoms with Crippen molar-refractivity contribution in [3.05, 3.63) is 52.9 Å². The Morgan fingerprint density at radius 2 is 1.95 bits per heavy atom. The number of pyridine rings is 1. The first-order valence-electron chi connectivity index (χ1n) is 10.9. The average Bonchev–Trinajstić information content (AvgIpc) is 3.66. The molecule has 14 heteroatoms. The molecule has 1 aromatic heterocycles.